The Morgan fingerprint density at radius 1 is 1.31 bits per heavy atom. The van der Waals surface area contributed by atoms with Crippen LogP contribution in [0.15, 0.2) is 30.3 Å². The highest BCUT2D eigenvalue weighted by Gasteiger charge is 2.02. The first-order valence-electron chi connectivity index (χ1n) is 4.38. The van der Waals surface area contributed by atoms with Gasteiger partial charge in [0.05, 0.1) is 19.8 Å². The van der Waals surface area contributed by atoms with Crippen molar-refractivity contribution in [1.82, 2.24) is 0 Å². The Morgan fingerprint density at radius 2 is 2.00 bits per heavy atom. The lowest BCUT2D eigenvalue weighted by Gasteiger charge is -2.06. The van der Waals surface area contributed by atoms with E-state index in [4.69, 9.17) is 16.3 Å². The van der Waals surface area contributed by atoms with Gasteiger partial charge >= 0.3 is 0 Å². The van der Waals surface area contributed by atoms with E-state index in [0.29, 0.717) is 19.8 Å². The highest BCUT2D eigenvalue weighted by molar-refractivity contribution is 6.20. The highest BCUT2D eigenvalue weighted by atomic mass is 35.5. The van der Waals surface area contributed by atoms with Gasteiger partial charge in [-0.3, -0.25) is 0 Å². The number of alkyl halides is 1. The molecular formula is C10H15ClNO+. The Morgan fingerprint density at radius 3 is 2.62 bits per heavy atom. The third kappa shape index (κ3) is 4.27. The summed E-state index contributed by atoms with van der Waals surface area (Å²) in [5.74, 6) is 0. The van der Waals surface area contributed by atoms with Crippen LogP contribution in [0.25, 0.3) is 0 Å². The first-order valence-corrected chi connectivity index (χ1v) is 4.81. The van der Waals surface area contributed by atoms with Crippen molar-refractivity contribution in [2.24, 2.45) is 0 Å². The van der Waals surface area contributed by atoms with Crippen LogP contribution in [0.4, 0.5) is 0 Å². The Labute approximate surface area is 83.6 Å². The van der Waals surface area contributed by atoms with Gasteiger partial charge in [0.25, 0.3) is 0 Å². The third-order valence-electron chi connectivity index (χ3n) is 1.72. The number of ether oxygens (including phenoxy) is 1. The van der Waals surface area contributed by atoms with Crippen LogP contribution in [0.2, 0.25) is 0 Å². The molecule has 1 rings (SSSR count). The molecule has 0 aliphatic rings. The van der Waals surface area contributed by atoms with E-state index in [9.17, 15) is 0 Å². The van der Waals surface area contributed by atoms with Crippen molar-refractivity contribution in [3.05, 3.63) is 35.9 Å². The standard InChI is InChI=1S/C10H14ClNO/c11-10(6-12)8-13-7-9-4-2-1-3-5-9/h1-5,10H,6-8,12H2/p+1/t10-/m0/s1. The summed E-state index contributed by atoms with van der Waals surface area (Å²) in [5, 5.41) is 0.0312. The number of benzene rings is 1. The average molecular weight is 201 g/mol. The smallest absolute Gasteiger partial charge is 0.106 e. The van der Waals surface area contributed by atoms with E-state index in [-0.39, 0.29) is 5.38 Å². The molecule has 0 aliphatic heterocycles. The molecule has 0 fully saturated rings. The van der Waals surface area contributed by atoms with E-state index in [0.717, 1.165) is 0 Å². The summed E-state index contributed by atoms with van der Waals surface area (Å²) in [5.41, 5.74) is 4.88. The first-order chi connectivity index (χ1) is 6.33. The number of halogens is 1. The van der Waals surface area contributed by atoms with Gasteiger partial charge < -0.3 is 10.5 Å². The molecule has 0 heterocycles. The van der Waals surface area contributed by atoms with Gasteiger partial charge in [-0.1, -0.05) is 30.3 Å². The van der Waals surface area contributed by atoms with Crippen molar-refractivity contribution in [2.45, 2.75) is 12.0 Å². The van der Waals surface area contributed by atoms with Crippen LogP contribution < -0.4 is 5.73 Å². The molecule has 13 heavy (non-hydrogen) atoms. The van der Waals surface area contributed by atoms with Gasteiger partial charge in [0.2, 0.25) is 0 Å². The highest BCUT2D eigenvalue weighted by Crippen LogP contribution is 2.02. The van der Waals surface area contributed by atoms with Crippen molar-refractivity contribution < 1.29 is 10.5 Å². The molecule has 0 amide bonds. The maximum Gasteiger partial charge on any atom is 0.106 e. The molecule has 3 N–H and O–H groups in total. The second kappa shape index (κ2) is 5.97. The second-order valence-electron chi connectivity index (χ2n) is 2.89. The number of rotatable bonds is 5. The fraction of sp³-hybridized carbons (Fsp3) is 0.400. The summed E-state index contributed by atoms with van der Waals surface area (Å²) in [6, 6.07) is 10.1. The summed E-state index contributed by atoms with van der Waals surface area (Å²) in [6.45, 7) is 1.90. The van der Waals surface area contributed by atoms with Gasteiger partial charge in [-0.15, -0.1) is 11.6 Å². The molecule has 3 heteroatoms. The fourth-order valence-corrected chi connectivity index (χ4v) is 1.05. The van der Waals surface area contributed by atoms with Crippen LogP contribution in [-0.2, 0) is 11.3 Å². The Balaban J connectivity index is 2.20. The Hall–Kier alpha value is -0.570. The van der Waals surface area contributed by atoms with Crippen molar-refractivity contribution in [1.29, 1.82) is 0 Å². The lowest BCUT2D eigenvalue weighted by molar-refractivity contribution is -0.368. The van der Waals surface area contributed by atoms with Crippen molar-refractivity contribution in [3.8, 4) is 0 Å². The van der Waals surface area contributed by atoms with E-state index in [1.165, 1.54) is 5.56 Å². The molecule has 0 spiro atoms. The van der Waals surface area contributed by atoms with Crippen LogP contribution in [0.3, 0.4) is 0 Å². The van der Waals surface area contributed by atoms with Crippen LogP contribution in [0.1, 0.15) is 5.56 Å². The van der Waals surface area contributed by atoms with E-state index in [2.05, 4.69) is 5.73 Å². The predicted molar refractivity (Wildman–Crippen MR) is 53.5 cm³/mol. The molecule has 0 saturated carbocycles. The molecule has 1 atom stereocenters. The van der Waals surface area contributed by atoms with Gasteiger partial charge in [0, 0.05) is 0 Å². The number of quaternary nitrogens is 1. The molecular weight excluding hydrogens is 186 g/mol. The summed E-state index contributed by atoms with van der Waals surface area (Å²) >= 11 is 5.84. The molecule has 1 aromatic rings. The van der Waals surface area contributed by atoms with Crippen LogP contribution >= 0.6 is 11.6 Å². The van der Waals surface area contributed by atoms with E-state index < -0.39 is 0 Å². The third-order valence-corrected chi connectivity index (χ3v) is 2.07. The maximum absolute atomic E-state index is 5.84. The number of hydrogen-bond donors (Lipinski definition) is 1. The average Bonchev–Trinajstić information content (AvgIpc) is 2.19. The maximum atomic E-state index is 5.84. The Bertz CT molecular complexity index is 228. The summed E-state index contributed by atoms with van der Waals surface area (Å²) in [4.78, 5) is 0. The zero-order valence-electron chi connectivity index (χ0n) is 7.58. The zero-order valence-corrected chi connectivity index (χ0v) is 8.33. The molecule has 0 radical (unpaired) electrons. The molecule has 0 aliphatic carbocycles. The second-order valence-corrected chi connectivity index (χ2v) is 3.50. The largest absolute Gasteiger partial charge is 0.375 e. The SMILES string of the molecule is [NH3+]C[C@H](Cl)COCc1ccccc1. The molecule has 2 nitrogen and oxygen atoms in total. The molecule has 0 bridgehead atoms. The van der Waals surface area contributed by atoms with Gasteiger partial charge in [0.15, 0.2) is 0 Å². The lowest BCUT2D eigenvalue weighted by atomic mass is 10.2. The summed E-state index contributed by atoms with van der Waals surface area (Å²) in [7, 11) is 0. The van der Waals surface area contributed by atoms with Crippen molar-refractivity contribution in [3.63, 3.8) is 0 Å². The minimum atomic E-state index is 0.0312. The van der Waals surface area contributed by atoms with E-state index in [1.807, 2.05) is 30.3 Å². The normalized spacial score (nSPS) is 12.8. The summed E-state index contributed by atoms with van der Waals surface area (Å²) < 4.78 is 5.40. The van der Waals surface area contributed by atoms with Gasteiger partial charge in [-0.25, -0.2) is 0 Å². The van der Waals surface area contributed by atoms with E-state index in [1.54, 1.807) is 0 Å². The Kier molecular flexibility index (Phi) is 4.83. The molecule has 72 valence electrons. The molecule has 0 saturated heterocycles. The molecule has 0 unspecified atom stereocenters. The molecule has 0 aromatic heterocycles. The van der Waals surface area contributed by atoms with Crippen molar-refractivity contribution >= 4 is 11.6 Å². The molecule has 1 aromatic carbocycles. The topological polar surface area (TPSA) is 36.9 Å². The van der Waals surface area contributed by atoms with Crippen LogP contribution in [0, 0.1) is 0 Å². The summed E-state index contributed by atoms with van der Waals surface area (Å²) in [6.07, 6.45) is 0. The van der Waals surface area contributed by atoms with Crippen LogP contribution in [0.5, 0.6) is 0 Å². The minimum absolute atomic E-state index is 0.0312. The lowest BCUT2D eigenvalue weighted by Crippen LogP contribution is -2.55. The van der Waals surface area contributed by atoms with Crippen LogP contribution in [-0.4, -0.2) is 18.5 Å². The first kappa shape index (κ1) is 10.5. The quantitative estimate of drug-likeness (QED) is 0.709. The van der Waals surface area contributed by atoms with Crippen molar-refractivity contribution in [2.75, 3.05) is 13.2 Å². The monoisotopic (exact) mass is 200 g/mol. The zero-order chi connectivity index (χ0) is 9.52. The van der Waals surface area contributed by atoms with E-state index >= 15 is 0 Å². The number of hydrogen-bond acceptors (Lipinski definition) is 1. The van der Waals surface area contributed by atoms with Gasteiger partial charge in [0.1, 0.15) is 5.38 Å². The predicted octanol–water partition coefficient (Wildman–Crippen LogP) is 1.05. The van der Waals surface area contributed by atoms with Gasteiger partial charge in [-0.05, 0) is 5.56 Å². The fourth-order valence-electron chi connectivity index (χ4n) is 0.962. The van der Waals surface area contributed by atoms with Gasteiger partial charge in [-0.2, -0.15) is 0 Å². The minimum Gasteiger partial charge on any atom is -0.375 e.